The van der Waals surface area contributed by atoms with Crippen LogP contribution in [0.4, 0.5) is 4.39 Å². The number of carbonyl (C=O) groups is 1. The first kappa shape index (κ1) is 12.0. The first-order valence-corrected chi connectivity index (χ1v) is 5.89. The molecule has 17 heavy (non-hydrogen) atoms. The summed E-state index contributed by atoms with van der Waals surface area (Å²) in [6.45, 7) is 1.11. The second kappa shape index (κ2) is 4.84. The van der Waals surface area contributed by atoms with Crippen LogP contribution in [0.3, 0.4) is 0 Å². The van der Waals surface area contributed by atoms with Crippen molar-refractivity contribution in [1.82, 2.24) is 5.32 Å². The van der Waals surface area contributed by atoms with Crippen molar-refractivity contribution in [3.63, 3.8) is 0 Å². The predicted octanol–water partition coefficient (Wildman–Crippen LogP) is 1.32. The molecule has 0 aromatic heterocycles. The summed E-state index contributed by atoms with van der Waals surface area (Å²) in [6, 6.07) is 6.45. The summed E-state index contributed by atoms with van der Waals surface area (Å²) in [5, 5.41) is 2.85. The minimum atomic E-state index is -0.247. The summed E-state index contributed by atoms with van der Waals surface area (Å²) in [6.07, 6.45) is 2.01. The SMILES string of the molecule is NCC1(c2ccc(F)cc2)CCNC(=O)CC1. The van der Waals surface area contributed by atoms with E-state index in [2.05, 4.69) is 5.32 Å². The Labute approximate surface area is 100 Å². The molecule has 3 N–H and O–H groups in total. The van der Waals surface area contributed by atoms with Crippen molar-refractivity contribution < 1.29 is 9.18 Å². The standard InChI is InChI=1S/C13H17FN2O/c14-11-3-1-10(2-4-11)13(9-15)6-5-12(17)16-8-7-13/h1-4H,5-9,15H2,(H,16,17). The van der Waals surface area contributed by atoms with Gasteiger partial charge in [0.2, 0.25) is 5.91 Å². The number of benzene rings is 1. The van der Waals surface area contributed by atoms with E-state index >= 15 is 0 Å². The van der Waals surface area contributed by atoms with E-state index in [-0.39, 0.29) is 17.1 Å². The highest BCUT2D eigenvalue weighted by atomic mass is 19.1. The molecule has 0 saturated carbocycles. The molecule has 1 saturated heterocycles. The van der Waals surface area contributed by atoms with Crippen LogP contribution in [0.1, 0.15) is 24.8 Å². The van der Waals surface area contributed by atoms with E-state index in [0.717, 1.165) is 18.4 Å². The first-order valence-electron chi connectivity index (χ1n) is 5.89. The van der Waals surface area contributed by atoms with E-state index in [1.165, 1.54) is 12.1 Å². The zero-order valence-electron chi connectivity index (χ0n) is 9.71. The second-order valence-electron chi connectivity index (χ2n) is 4.59. The van der Waals surface area contributed by atoms with Crippen LogP contribution >= 0.6 is 0 Å². The van der Waals surface area contributed by atoms with Crippen molar-refractivity contribution >= 4 is 5.91 Å². The van der Waals surface area contributed by atoms with Gasteiger partial charge in [-0.25, -0.2) is 4.39 Å². The van der Waals surface area contributed by atoms with Crippen molar-refractivity contribution in [1.29, 1.82) is 0 Å². The minimum absolute atomic E-state index is 0.0717. The molecule has 1 atom stereocenters. The van der Waals surface area contributed by atoms with Gasteiger partial charge in [0.1, 0.15) is 5.82 Å². The maximum Gasteiger partial charge on any atom is 0.220 e. The Morgan fingerprint density at radius 1 is 1.29 bits per heavy atom. The van der Waals surface area contributed by atoms with Crippen LogP contribution in [0, 0.1) is 5.82 Å². The third-order valence-corrected chi connectivity index (χ3v) is 3.60. The number of rotatable bonds is 2. The molecule has 3 nitrogen and oxygen atoms in total. The summed E-state index contributed by atoms with van der Waals surface area (Å²) in [5.41, 5.74) is 6.71. The molecule has 1 aromatic carbocycles. The normalized spacial score (nSPS) is 25.2. The monoisotopic (exact) mass is 236 g/mol. The van der Waals surface area contributed by atoms with Gasteiger partial charge in [0.05, 0.1) is 0 Å². The van der Waals surface area contributed by atoms with Gasteiger partial charge < -0.3 is 11.1 Å². The Morgan fingerprint density at radius 3 is 2.65 bits per heavy atom. The summed E-state index contributed by atoms with van der Waals surface area (Å²) in [4.78, 5) is 11.4. The molecular formula is C13H17FN2O. The maximum atomic E-state index is 12.9. The van der Waals surface area contributed by atoms with Crippen LogP contribution in [0.15, 0.2) is 24.3 Å². The first-order chi connectivity index (χ1) is 8.16. The van der Waals surface area contributed by atoms with Gasteiger partial charge in [0, 0.05) is 24.9 Å². The van der Waals surface area contributed by atoms with Crippen LogP contribution in [0.25, 0.3) is 0 Å². The highest BCUT2D eigenvalue weighted by molar-refractivity contribution is 5.76. The van der Waals surface area contributed by atoms with Crippen LogP contribution in [0.5, 0.6) is 0 Å². The Hall–Kier alpha value is -1.42. The van der Waals surface area contributed by atoms with Gasteiger partial charge in [-0.1, -0.05) is 12.1 Å². The molecule has 0 radical (unpaired) electrons. The smallest absolute Gasteiger partial charge is 0.220 e. The molecule has 1 fully saturated rings. The molecule has 1 aliphatic heterocycles. The second-order valence-corrected chi connectivity index (χ2v) is 4.59. The number of nitrogens with two attached hydrogens (primary N) is 1. The molecular weight excluding hydrogens is 219 g/mol. The van der Waals surface area contributed by atoms with E-state index in [4.69, 9.17) is 5.73 Å². The summed E-state index contributed by atoms with van der Waals surface area (Å²) in [5.74, 6) is -0.175. The lowest BCUT2D eigenvalue weighted by Gasteiger charge is -2.31. The lowest BCUT2D eigenvalue weighted by molar-refractivity contribution is -0.120. The molecule has 1 aromatic rings. The fourth-order valence-electron chi connectivity index (χ4n) is 2.42. The van der Waals surface area contributed by atoms with E-state index in [1.807, 2.05) is 0 Å². The van der Waals surface area contributed by atoms with Gasteiger partial charge in [0.15, 0.2) is 0 Å². The van der Waals surface area contributed by atoms with Crippen LogP contribution in [-0.2, 0) is 10.2 Å². The average Bonchev–Trinajstić information content (AvgIpc) is 2.53. The molecule has 1 unspecified atom stereocenters. The van der Waals surface area contributed by atoms with E-state index in [0.29, 0.717) is 19.5 Å². The van der Waals surface area contributed by atoms with Gasteiger partial charge in [-0.15, -0.1) is 0 Å². The van der Waals surface area contributed by atoms with E-state index in [1.54, 1.807) is 12.1 Å². The van der Waals surface area contributed by atoms with Crippen molar-refractivity contribution in [2.24, 2.45) is 5.73 Å². The lowest BCUT2D eigenvalue weighted by Crippen LogP contribution is -2.36. The topological polar surface area (TPSA) is 55.1 Å². The quantitative estimate of drug-likeness (QED) is 0.813. The Morgan fingerprint density at radius 2 is 2.00 bits per heavy atom. The Bertz CT molecular complexity index is 404. The van der Waals surface area contributed by atoms with Crippen LogP contribution in [0.2, 0.25) is 0 Å². The van der Waals surface area contributed by atoms with E-state index < -0.39 is 0 Å². The molecule has 0 bridgehead atoms. The number of amides is 1. The zero-order chi connectivity index (χ0) is 12.3. The van der Waals surface area contributed by atoms with E-state index in [9.17, 15) is 9.18 Å². The fourth-order valence-corrected chi connectivity index (χ4v) is 2.42. The molecule has 1 amide bonds. The molecule has 0 aliphatic carbocycles. The molecule has 0 spiro atoms. The molecule has 2 rings (SSSR count). The zero-order valence-corrected chi connectivity index (χ0v) is 9.71. The molecule has 1 aliphatic rings. The lowest BCUT2D eigenvalue weighted by atomic mass is 9.74. The highest BCUT2D eigenvalue weighted by Gasteiger charge is 2.33. The maximum absolute atomic E-state index is 12.9. The third kappa shape index (κ3) is 2.47. The molecule has 92 valence electrons. The Kier molecular flexibility index (Phi) is 3.43. The number of carbonyl (C=O) groups excluding carboxylic acids is 1. The fraction of sp³-hybridized carbons (Fsp3) is 0.462. The molecule has 4 heteroatoms. The van der Waals surface area contributed by atoms with Gasteiger partial charge in [-0.3, -0.25) is 4.79 Å². The number of halogens is 1. The predicted molar refractivity (Wildman–Crippen MR) is 64.0 cm³/mol. The van der Waals surface area contributed by atoms with Crippen LogP contribution in [-0.4, -0.2) is 19.0 Å². The third-order valence-electron chi connectivity index (χ3n) is 3.60. The number of nitrogens with one attached hydrogen (secondary N) is 1. The summed E-state index contributed by atoms with van der Waals surface area (Å²) >= 11 is 0. The van der Waals surface area contributed by atoms with Gasteiger partial charge in [0.25, 0.3) is 0 Å². The summed E-state index contributed by atoms with van der Waals surface area (Å²) in [7, 11) is 0. The number of hydrogen-bond acceptors (Lipinski definition) is 2. The minimum Gasteiger partial charge on any atom is -0.356 e. The van der Waals surface area contributed by atoms with Gasteiger partial charge in [-0.2, -0.15) is 0 Å². The van der Waals surface area contributed by atoms with Gasteiger partial charge in [-0.05, 0) is 30.5 Å². The average molecular weight is 236 g/mol. The van der Waals surface area contributed by atoms with Crippen molar-refractivity contribution in [3.8, 4) is 0 Å². The number of hydrogen-bond donors (Lipinski definition) is 2. The van der Waals surface area contributed by atoms with Crippen LogP contribution < -0.4 is 11.1 Å². The largest absolute Gasteiger partial charge is 0.356 e. The Balaban J connectivity index is 2.29. The summed E-state index contributed by atoms with van der Waals surface area (Å²) < 4.78 is 12.9. The molecule has 1 heterocycles. The van der Waals surface area contributed by atoms with Crippen molar-refractivity contribution in [2.45, 2.75) is 24.7 Å². The highest BCUT2D eigenvalue weighted by Crippen LogP contribution is 2.33. The van der Waals surface area contributed by atoms with Crippen molar-refractivity contribution in [2.75, 3.05) is 13.1 Å². The van der Waals surface area contributed by atoms with Gasteiger partial charge >= 0.3 is 0 Å². The van der Waals surface area contributed by atoms with Crippen molar-refractivity contribution in [3.05, 3.63) is 35.6 Å².